The Morgan fingerprint density at radius 2 is 1.71 bits per heavy atom. The molecule has 0 aliphatic carbocycles. The van der Waals surface area contributed by atoms with Crippen molar-refractivity contribution in [1.29, 1.82) is 0 Å². The van der Waals surface area contributed by atoms with Crippen LogP contribution in [0.3, 0.4) is 0 Å². The molecule has 0 radical (unpaired) electrons. The fourth-order valence-electron chi connectivity index (χ4n) is 1.70. The summed E-state index contributed by atoms with van der Waals surface area (Å²) in [6.07, 6.45) is 0.762. The highest BCUT2D eigenvalue weighted by Gasteiger charge is 2.25. The van der Waals surface area contributed by atoms with Gasteiger partial charge >= 0.3 is 5.97 Å². The third-order valence-electron chi connectivity index (χ3n) is 3.25. The quantitative estimate of drug-likeness (QED) is 0.784. The molecule has 0 heterocycles. The second-order valence-electron chi connectivity index (χ2n) is 6.65. The zero-order valence-corrected chi connectivity index (χ0v) is 14.9. The summed E-state index contributed by atoms with van der Waals surface area (Å²) in [4.78, 5) is 35.7. The molecule has 2 amide bonds. The summed E-state index contributed by atoms with van der Waals surface area (Å²) in [6, 6.07) is 5.76. The van der Waals surface area contributed by atoms with Crippen molar-refractivity contribution in [2.75, 3.05) is 11.9 Å². The van der Waals surface area contributed by atoms with Crippen LogP contribution in [0.5, 0.6) is 0 Å². The number of anilines is 1. The van der Waals surface area contributed by atoms with E-state index in [0.29, 0.717) is 17.9 Å². The molecule has 0 aliphatic heterocycles. The molecule has 0 saturated heterocycles. The number of rotatable bonds is 6. The summed E-state index contributed by atoms with van der Waals surface area (Å²) in [6.45, 7) is 9.26. The van der Waals surface area contributed by atoms with Crippen LogP contribution in [0, 0.1) is 5.41 Å². The van der Waals surface area contributed by atoms with Crippen LogP contribution in [0.4, 0.5) is 5.69 Å². The van der Waals surface area contributed by atoms with Crippen LogP contribution < -0.4 is 10.6 Å². The number of carbonyl (C=O) groups excluding carboxylic acids is 3. The van der Waals surface area contributed by atoms with Crippen LogP contribution in [0.15, 0.2) is 24.3 Å². The highest BCUT2D eigenvalue weighted by molar-refractivity contribution is 5.98. The van der Waals surface area contributed by atoms with E-state index >= 15 is 0 Å². The fraction of sp³-hybridized carbons (Fsp3) is 0.500. The van der Waals surface area contributed by atoms with Gasteiger partial charge in [-0.15, -0.1) is 0 Å². The molecule has 1 rings (SSSR count). The highest BCUT2D eigenvalue weighted by atomic mass is 16.5. The Morgan fingerprint density at radius 3 is 2.21 bits per heavy atom. The summed E-state index contributed by atoms with van der Waals surface area (Å²) < 4.78 is 5.04. The van der Waals surface area contributed by atoms with Gasteiger partial charge in [0.1, 0.15) is 6.04 Å². The Bertz CT molecular complexity index is 588. The molecule has 1 aromatic rings. The third kappa shape index (κ3) is 6.02. The van der Waals surface area contributed by atoms with Crippen LogP contribution >= 0.6 is 0 Å². The number of hydrogen-bond donors (Lipinski definition) is 2. The number of nitrogens with one attached hydrogen (secondary N) is 2. The van der Waals surface area contributed by atoms with Gasteiger partial charge in [0.05, 0.1) is 12.2 Å². The zero-order chi connectivity index (χ0) is 18.3. The summed E-state index contributed by atoms with van der Waals surface area (Å²) >= 11 is 0. The minimum atomic E-state index is -0.661. The Hall–Kier alpha value is -2.37. The molecule has 1 aromatic carbocycles. The van der Waals surface area contributed by atoms with Crippen molar-refractivity contribution < 1.29 is 19.1 Å². The molecule has 132 valence electrons. The van der Waals surface area contributed by atoms with Gasteiger partial charge in [0.25, 0.3) is 0 Å². The Kier molecular flexibility index (Phi) is 6.95. The first-order valence-electron chi connectivity index (χ1n) is 8.04. The van der Waals surface area contributed by atoms with Crippen molar-refractivity contribution in [2.24, 2.45) is 5.41 Å². The van der Waals surface area contributed by atoms with Gasteiger partial charge in [0, 0.05) is 11.1 Å². The molecule has 0 fully saturated rings. The van der Waals surface area contributed by atoms with E-state index in [-0.39, 0.29) is 17.8 Å². The van der Waals surface area contributed by atoms with E-state index in [2.05, 4.69) is 10.6 Å². The van der Waals surface area contributed by atoms with Crippen molar-refractivity contribution in [3.05, 3.63) is 29.8 Å². The van der Waals surface area contributed by atoms with Crippen molar-refractivity contribution >= 4 is 23.5 Å². The van der Waals surface area contributed by atoms with Crippen LogP contribution in [-0.4, -0.2) is 30.4 Å². The molecule has 1 unspecified atom stereocenters. The molecule has 1 atom stereocenters. The number of hydrogen-bond acceptors (Lipinski definition) is 4. The van der Waals surface area contributed by atoms with E-state index in [4.69, 9.17) is 4.74 Å². The van der Waals surface area contributed by atoms with Gasteiger partial charge in [-0.05, 0) is 37.6 Å². The van der Waals surface area contributed by atoms with E-state index in [1.165, 1.54) is 0 Å². The van der Waals surface area contributed by atoms with Gasteiger partial charge < -0.3 is 15.4 Å². The second kappa shape index (κ2) is 8.47. The predicted octanol–water partition coefficient (Wildman–Crippen LogP) is 2.74. The highest BCUT2D eigenvalue weighted by Crippen LogP contribution is 2.14. The van der Waals surface area contributed by atoms with E-state index in [1.54, 1.807) is 52.0 Å². The summed E-state index contributed by atoms with van der Waals surface area (Å²) in [5.74, 6) is -0.909. The van der Waals surface area contributed by atoms with Crippen molar-refractivity contribution in [1.82, 2.24) is 5.32 Å². The minimum absolute atomic E-state index is 0.195. The molecule has 24 heavy (non-hydrogen) atoms. The van der Waals surface area contributed by atoms with Gasteiger partial charge in [0.15, 0.2) is 0 Å². The SMILES string of the molecule is CCCOC(=O)c1ccc(NC(=O)C(C)NC(=O)C(C)(C)C)cc1. The van der Waals surface area contributed by atoms with Crippen molar-refractivity contribution in [3.8, 4) is 0 Å². The number of carbonyl (C=O) groups is 3. The molecular weight excluding hydrogens is 308 g/mol. The van der Waals surface area contributed by atoms with Crippen LogP contribution in [0.25, 0.3) is 0 Å². The number of benzene rings is 1. The lowest BCUT2D eigenvalue weighted by molar-refractivity contribution is -0.131. The maximum absolute atomic E-state index is 12.1. The minimum Gasteiger partial charge on any atom is -0.462 e. The molecule has 0 spiro atoms. The van der Waals surface area contributed by atoms with Crippen LogP contribution in [-0.2, 0) is 14.3 Å². The summed E-state index contributed by atoms with van der Waals surface area (Å²) in [7, 11) is 0. The first-order chi connectivity index (χ1) is 11.1. The van der Waals surface area contributed by atoms with E-state index in [1.807, 2.05) is 6.92 Å². The largest absolute Gasteiger partial charge is 0.462 e. The van der Waals surface area contributed by atoms with Gasteiger partial charge in [-0.25, -0.2) is 4.79 Å². The predicted molar refractivity (Wildman–Crippen MR) is 92.7 cm³/mol. The van der Waals surface area contributed by atoms with E-state index in [9.17, 15) is 14.4 Å². The molecule has 6 nitrogen and oxygen atoms in total. The Labute approximate surface area is 143 Å². The number of amides is 2. The topological polar surface area (TPSA) is 84.5 Å². The molecule has 2 N–H and O–H groups in total. The van der Waals surface area contributed by atoms with Gasteiger partial charge in [0.2, 0.25) is 11.8 Å². The van der Waals surface area contributed by atoms with Crippen molar-refractivity contribution in [3.63, 3.8) is 0 Å². The molecule has 0 bridgehead atoms. The summed E-state index contributed by atoms with van der Waals surface area (Å²) in [5, 5.41) is 5.37. The van der Waals surface area contributed by atoms with Gasteiger partial charge in [-0.3, -0.25) is 9.59 Å². The molecule has 0 saturated carbocycles. The average Bonchev–Trinajstić information content (AvgIpc) is 2.52. The maximum Gasteiger partial charge on any atom is 0.338 e. The normalized spacial score (nSPS) is 12.2. The Morgan fingerprint density at radius 1 is 1.12 bits per heavy atom. The fourth-order valence-corrected chi connectivity index (χ4v) is 1.70. The van der Waals surface area contributed by atoms with E-state index in [0.717, 1.165) is 6.42 Å². The van der Waals surface area contributed by atoms with Crippen molar-refractivity contribution in [2.45, 2.75) is 47.1 Å². The first-order valence-corrected chi connectivity index (χ1v) is 8.04. The maximum atomic E-state index is 12.1. The van der Waals surface area contributed by atoms with Crippen LogP contribution in [0.2, 0.25) is 0 Å². The lowest BCUT2D eigenvalue weighted by Gasteiger charge is -2.21. The second-order valence-corrected chi connectivity index (χ2v) is 6.65. The van der Waals surface area contributed by atoms with Crippen LogP contribution in [0.1, 0.15) is 51.4 Å². The van der Waals surface area contributed by atoms with E-state index < -0.39 is 11.5 Å². The lowest BCUT2D eigenvalue weighted by atomic mass is 9.95. The first kappa shape index (κ1) is 19.7. The number of esters is 1. The third-order valence-corrected chi connectivity index (χ3v) is 3.25. The molecular formula is C18H26N2O4. The van der Waals surface area contributed by atoms with Gasteiger partial charge in [-0.1, -0.05) is 27.7 Å². The van der Waals surface area contributed by atoms with Gasteiger partial charge in [-0.2, -0.15) is 0 Å². The average molecular weight is 334 g/mol. The zero-order valence-electron chi connectivity index (χ0n) is 14.9. The lowest BCUT2D eigenvalue weighted by Crippen LogP contribution is -2.46. The molecule has 0 aliphatic rings. The molecule has 0 aromatic heterocycles. The number of ether oxygens (including phenoxy) is 1. The molecule has 6 heteroatoms. The monoisotopic (exact) mass is 334 g/mol. The standard InChI is InChI=1S/C18H26N2O4/c1-6-11-24-16(22)13-7-9-14(10-8-13)20-15(21)12(2)19-17(23)18(3,4)5/h7-10,12H,6,11H2,1-5H3,(H,19,23)(H,20,21). The Balaban J connectivity index is 2.61. The summed E-state index contributed by atoms with van der Waals surface area (Å²) in [5.41, 5.74) is 0.411. The smallest absolute Gasteiger partial charge is 0.338 e.